The molecule has 0 radical (unpaired) electrons. The molecule has 0 spiro atoms. The highest BCUT2D eigenvalue weighted by atomic mass is 19.4. The molecule has 1 aromatic carbocycles. The monoisotopic (exact) mass is 452 g/mol. The van der Waals surface area contributed by atoms with Crippen molar-refractivity contribution in [3.8, 4) is 5.75 Å². The lowest BCUT2D eigenvalue weighted by atomic mass is 9.72. The summed E-state index contributed by atoms with van der Waals surface area (Å²) in [5.41, 5.74) is -4.79. The number of allylic oxidation sites excluding steroid dienone is 1. The highest BCUT2D eigenvalue weighted by Gasteiger charge is 2.71. The number of hydrogen-bond acceptors (Lipinski definition) is 4. The minimum Gasteiger partial charge on any atom is -0.496 e. The zero-order valence-corrected chi connectivity index (χ0v) is 18.6. The van der Waals surface area contributed by atoms with Crippen LogP contribution in [0.1, 0.15) is 56.8 Å². The molecule has 2 aliphatic rings. The van der Waals surface area contributed by atoms with E-state index in [1.165, 1.54) is 25.3 Å². The summed E-state index contributed by atoms with van der Waals surface area (Å²) >= 11 is 0. The van der Waals surface area contributed by atoms with Gasteiger partial charge in [-0.15, -0.1) is 0 Å². The van der Waals surface area contributed by atoms with Crippen LogP contribution in [0.3, 0.4) is 0 Å². The summed E-state index contributed by atoms with van der Waals surface area (Å²) in [4.78, 5) is 40.5. The third-order valence-corrected chi connectivity index (χ3v) is 5.93. The van der Waals surface area contributed by atoms with E-state index in [2.05, 4.69) is 0 Å². The predicted molar refractivity (Wildman–Crippen MR) is 111 cm³/mol. The third kappa shape index (κ3) is 3.78. The van der Waals surface area contributed by atoms with Crippen molar-refractivity contribution in [3.05, 3.63) is 41.1 Å². The first-order valence-electron chi connectivity index (χ1n) is 10.5. The molecular weight excluding hydrogens is 425 g/mol. The Hall–Kier alpha value is -2.84. The maximum absolute atomic E-state index is 14.7. The zero-order valence-electron chi connectivity index (χ0n) is 18.6. The molecule has 2 amide bonds. The van der Waals surface area contributed by atoms with Crippen molar-refractivity contribution in [1.29, 1.82) is 0 Å². The molecule has 0 saturated carbocycles. The number of amides is 2. The second-order valence-electron chi connectivity index (χ2n) is 8.98. The van der Waals surface area contributed by atoms with Crippen LogP contribution in [0, 0.1) is 5.41 Å². The highest BCUT2D eigenvalue weighted by molar-refractivity contribution is 6.14. The molecule has 174 valence electrons. The van der Waals surface area contributed by atoms with Crippen molar-refractivity contribution in [2.75, 3.05) is 13.7 Å². The first-order valence-corrected chi connectivity index (χ1v) is 10.5. The standard InChI is InChI=1S/C23H27F3N2O4/c1-5-6-11-28-15-12-21(2,3)13-16(29)18(15)22(20(28)31,23(24,25)26)27-19(30)14-9-7-8-10-17(14)32-4/h7-10H,5-6,11-13H2,1-4H3,(H,27,30)/t22-/m0/s1. The minimum absolute atomic E-state index is 0.0416. The van der Waals surface area contributed by atoms with Gasteiger partial charge in [0.25, 0.3) is 11.8 Å². The quantitative estimate of drug-likeness (QED) is 0.708. The molecule has 1 heterocycles. The third-order valence-electron chi connectivity index (χ3n) is 5.93. The molecule has 0 aromatic heterocycles. The smallest absolute Gasteiger partial charge is 0.425 e. The van der Waals surface area contributed by atoms with Gasteiger partial charge in [-0.25, -0.2) is 0 Å². The van der Waals surface area contributed by atoms with E-state index in [0.717, 1.165) is 4.90 Å². The Morgan fingerprint density at radius 1 is 1.19 bits per heavy atom. The Morgan fingerprint density at radius 2 is 1.84 bits per heavy atom. The summed E-state index contributed by atoms with van der Waals surface area (Å²) < 4.78 is 49.1. The summed E-state index contributed by atoms with van der Waals surface area (Å²) in [5, 5.41) is 1.92. The maximum Gasteiger partial charge on any atom is 0.425 e. The van der Waals surface area contributed by atoms with E-state index < -0.39 is 40.3 Å². The maximum atomic E-state index is 14.7. The van der Waals surface area contributed by atoms with Crippen LogP contribution >= 0.6 is 0 Å². The second-order valence-corrected chi connectivity index (χ2v) is 8.98. The number of nitrogens with one attached hydrogen (secondary N) is 1. The van der Waals surface area contributed by atoms with Crippen LogP contribution < -0.4 is 10.1 Å². The molecule has 0 bridgehead atoms. The van der Waals surface area contributed by atoms with Gasteiger partial charge in [-0.3, -0.25) is 14.4 Å². The average molecular weight is 452 g/mol. The number of methoxy groups -OCH3 is 1. The van der Waals surface area contributed by atoms with Gasteiger partial charge in [0.1, 0.15) is 5.75 Å². The van der Waals surface area contributed by atoms with Crippen molar-refractivity contribution in [2.24, 2.45) is 5.41 Å². The molecule has 0 unspecified atom stereocenters. The minimum atomic E-state index is -5.22. The molecule has 9 heteroatoms. The summed E-state index contributed by atoms with van der Waals surface area (Å²) in [5.74, 6) is -3.20. The van der Waals surface area contributed by atoms with Gasteiger partial charge in [-0.1, -0.05) is 39.3 Å². The number of unbranched alkanes of at least 4 members (excludes halogenated alkanes) is 1. The first kappa shape index (κ1) is 23.8. The van der Waals surface area contributed by atoms with Gasteiger partial charge >= 0.3 is 6.18 Å². The number of para-hydroxylation sites is 1. The number of nitrogens with zero attached hydrogens (tertiary/aromatic N) is 1. The van der Waals surface area contributed by atoms with Crippen LogP contribution in [0.15, 0.2) is 35.5 Å². The Bertz CT molecular complexity index is 984. The molecule has 3 rings (SSSR count). The highest BCUT2D eigenvalue weighted by Crippen LogP contribution is 2.51. The van der Waals surface area contributed by atoms with E-state index in [4.69, 9.17) is 4.74 Å². The van der Waals surface area contributed by atoms with E-state index >= 15 is 0 Å². The molecule has 6 nitrogen and oxygen atoms in total. The number of alkyl halides is 3. The fourth-order valence-electron chi connectivity index (χ4n) is 4.45. The second kappa shape index (κ2) is 8.26. The van der Waals surface area contributed by atoms with Crippen LogP contribution in [0.5, 0.6) is 5.75 Å². The number of ether oxygens (including phenoxy) is 1. The fourth-order valence-corrected chi connectivity index (χ4v) is 4.45. The van der Waals surface area contributed by atoms with Crippen molar-refractivity contribution < 1.29 is 32.3 Å². The predicted octanol–water partition coefficient (Wildman–Crippen LogP) is 4.01. The first-order chi connectivity index (χ1) is 14.9. The van der Waals surface area contributed by atoms with Gasteiger partial charge in [-0.2, -0.15) is 13.2 Å². The van der Waals surface area contributed by atoms with Crippen LogP contribution in [-0.4, -0.2) is 47.9 Å². The van der Waals surface area contributed by atoms with E-state index in [0.29, 0.717) is 12.8 Å². The van der Waals surface area contributed by atoms with Gasteiger partial charge in [0.05, 0.1) is 18.2 Å². The molecular formula is C23H27F3N2O4. The number of carbonyl (C=O) groups is 3. The Kier molecular flexibility index (Phi) is 6.14. The van der Waals surface area contributed by atoms with Gasteiger partial charge < -0.3 is 15.0 Å². The van der Waals surface area contributed by atoms with Crippen molar-refractivity contribution in [3.63, 3.8) is 0 Å². The number of hydrogen-bond donors (Lipinski definition) is 1. The number of Topliss-reactive ketones (excluding diaryl/α,β-unsaturated/α-hetero) is 1. The number of carbonyl (C=O) groups excluding carboxylic acids is 3. The topological polar surface area (TPSA) is 75.7 Å². The fraction of sp³-hybridized carbons (Fsp3) is 0.522. The normalized spacial score (nSPS) is 22.8. The molecule has 0 saturated heterocycles. The van der Waals surface area contributed by atoms with Crippen LogP contribution in [0.4, 0.5) is 13.2 Å². The van der Waals surface area contributed by atoms with Crippen molar-refractivity contribution in [2.45, 2.75) is 58.2 Å². The molecule has 32 heavy (non-hydrogen) atoms. The Labute approximate surface area is 184 Å². The van der Waals surface area contributed by atoms with Crippen LogP contribution in [0.25, 0.3) is 0 Å². The lowest BCUT2D eigenvalue weighted by molar-refractivity contribution is -0.190. The summed E-state index contributed by atoms with van der Waals surface area (Å²) in [6, 6.07) is 5.77. The van der Waals surface area contributed by atoms with Gasteiger partial charge in [0.15, 0.2) is 5.78 Å². The number of benzene rings is 1. The molecule has 1 aromatic rings. The molecule has 1 aliphatic heterocycles. The average Bonchev–Trinajstić information content (AvgIpc) is 2.93. The summed E-state index contributed by atoms with van der Waals surface area (Å²) in [7, 11) is 1.28. The van der Waals surface area contributed by atoms with E-state index in [1.54, 1.807) is 19.9 Å². The van der Waals surface area contributed by atoms with Gasteiger partial charge in [0.2, 0.25) is 5.54 Å². The van der Waals surface area contributed by atoms with Crippen LogP contribution in [-0.2, 0) is 9.59 Å². The molecule has 1 aliphatic carbocycles. The van der Waals surface area contributed by atoms with E-state index in [9.17, 15) is 27.6 Å². The Morgan fingerprint density at radius 3 is 2.44 bits per heavy atom. The van der Waals surface area contributed by atoms with E-state index in [1.807, 2.05) is 12.2 Å². The zero-order chi connectivity index (χ0) is 23.9. The Balaban J connectivity index is 2.19. The molecule has 1 atom stereocenters. The summed E-state index contributed by atoms with van der Waals surface area (Å²) in [6.07, 6.45) is -4.13. The SMILES string of the molecule is CCCCN1C(=O)[C@](NC(=O)c2ccccc2OC)(C(F)(F)F)C2=C1CC(C)(C)CC2=O. The number of rotatable bonds is 6. The lowest BCUT2D eigenvalue weighted by Gasteiger charge is -2.35. The molecule has 0 fully saturated rings. The number of halogens is 3. The van der Waals surface area contributed by atoms with Crippen molar-refractivity contribution >= 4 is 17.6 Å². The number of ketones is 1. The lowest BCUT2D eigenvalue weighted by Crippen LogP contribution is -2.66. The van der Waals surface area contributed by atoms with Crippen molar-refractivity contribution in [1.82, 2.24) is 10.2 Å². The van der Waals surface area contributed by atoms with E-state index in [-0.39, 0.29) is 36.4 Å². The van der Waals surface area contributed by atoms with Gasteiger partial charge in [-0.05, 0) is 30.4 Å². The molecule has 1 N–H and O–H groups in total. The summed E-state index contributed by atoms with van der Waals surface area (Å²) in [6.45, 7) is 5.45. The largest absolute Gasteiger partial charge is 0.496 e. The van der Waals surface area contributed by atoms with Crippen LogP contribution in [0.2, 0.25) is 0 Å². The van der Waals surface area contributed by atoms with Gasteiger partial charge in [0, 0.05) is 18.7 Å².